The first-order chi connectivity index (χ1) is 11.7. The van der Waals surface area contributed by atoms with Crippen molar-refractivity contribution < 1.29 is 14.3 Å². The van der Waals surface area contributed by atoms with Gasteiger partial charge in [-0.3, -0.25) is 9.48 Å². The first-order valence-corrected chi connectivity index (χ1v) is 8.43. The molecule has 128 valence electrons. The molecule has 0 radical (unpaired) electrons. The average Bonchev–Trinajstić information content (AvgIpc) is 3.03. The summed E-state index contributed by atoms with van der Waals surface area (Å²) >= 11 is 0. The van der Waals surface area contributed by atoms with Crippen LogP contribution in [-0.2, 0) is 11.3 Å². The van der Waals surface area contributed by atoms with E-state index in [1.54, 1.807) is 30.5 Å². The smallest absolute Gasteiger partial charge is 0.255 e. The predicted molar refractivity (Wildman–Crippen MR) is 91.4 cm³/mol. The van der Waals surface area contributed by atoms with Crippen LogP contribution >= 0.6 is 0 Å². The summed E-state index contributed by atoms with van der Waals surface area (Å²) in [7, 11) is 0. The molecule has 24 heavy (non-hydrogen) atoms. The van der Waals surface area contributed by atoms with Gasteiger partial charge in [0.05, 0.1) is 31.1 Å². The second kappa shape index (κ2) is 7.97. The van der Waals surface area contributed by atoms with E-state index in [4.69, 9.17) is 9.47 Å². The fraction of sp³-hybridized carbons (Fsp3) is 0.444. The van der Waals surface area contributed by atoms with Gasteiger partial charge >= 0.3 is 0 Å². The number of hydrogen-bond acceptors (Lipinski definition) is 4. The molecule has 1 atom stereocenters. The Bertz CT molecular complexity index is 660. The monoisotopic (exact) mass is 329 g/mol. The Labute approximate surface area is 141 Å². The molecular weight excluding hydrogens is 306 g/mol. The van der Waals surface area contributed by atoms with Crippen molar-refractivity contribution in [2.24, 2.45) is 0 Å². The number of carbonyl (C=O) groups is 1. The fourth-order valence-corrected chi connectivity index (χ4v) is 2.76. The first kappa shape index (κ1) is 16.5. The minimum Gasteiger partial charge on any atom is -0.494 e. The highest BCUT2D eigenvalue weighted by atomic mass is 16.5. The zero-order chi connectivity index (χ0) is 16.8. The molecule has 2 heterocycles. The molecule has 0 saturated carbocycles. The molecule has 2 aromatic rings. The van der Waals surface area contributed by atoms with E-state index in [-0.39, 0.29) is 12.0 Å². The molecule has 6 heteroatoms. The van der Waals surface area contributed by atoms with Crippen LogP contribution in [-0.4, -0.2) is 35.0 Å². The van der Waals surface area contributed by atoms with Gasteiger partial charge in [0.15, 0.2) is 0 Å². The third-order valence-electron chi connectivity index (χ3n) is 3.98. The Kier molecular flexibility index (Phi) is 5.48. The zero-order valence-electron chi connectivity index (χ0n) is 13.9. The van der Waals surface area contributed by atoms with Gasteiger partial charge in [-0.15, -0.1) is 0 Å². The molecule has 1 aromatic heterocycles. The Morgan fingerprint density at radius 3 is 2.92 bits per heavy atom. The minimum atomic E-state index is -0.161. The lowest BCUT2D eigenvalue weighted by molar-refractivity contribution is 0.00401. The standard InChI is InChI=1S/C18H23N3O3/c1-2-23-16-8-6-14(7-9-16)18(22)20-15-11-19-21(12-15)13-17-5-3-4-10-24-17/h6-9,11-12,17H,2-5,10,13H2,1H3,(H,20,22). The van der Waals surface area contributed by atoms with E-state index in [2.05, 4.69) is 10.4 Å². The van der Waals surface area contributed by atoms with Crippen LogP contribution in [0, 0.1) is 0 Å². The summed E-state index contributed by atoms with van der Waals surface area (Å²) in [5.41, 5.74) is 1.27. The summed E-state index contributed by atoms with van der Waals surface area (Å²) in [5.74, 6) is 0.598. The summed E-state index contributed by atoms with van der Waals surface area (Å²) in [5, 5.41) is 7.16. The van der Waals surface area contributed by atoms with Crippen molar-refractivity contribution in [3.05, 3.63) is 42.2 Å². The summed E-state index contributed by atoms with van der Waals surface area (Å²) in [6, 6.07) is 7.09. The number of ether oxygens (including phenoxy) is 2. The van der Waals surface area contributed by atoms with Crippen LogP contribution in [0.2, 0.25) is 0 Å². The highest BCUT2D eigenvalue weighted by Gasteiger charge is 2.15. The lowest BCUT2D eigenvalue weighted by Crippen LogP contribution is -2.24. The highest BCUT2D eigenvalue weighted by Crippen LogP contribution is 2.16. The molecule has 0 spiro atoms. The molecule has 0 aliphatic carbocycles. The van der Waals surface area contributed by atoms with Crippen LogP contribution < -0.4 is 10.1 Å². The number of carbonyl (C=O) groups excluding carboxylic acids is 1. The lowest BCUT2D eigenvalue weighted by atomic mass is 10.1. The van der Waals surface area contributed by atoms with Crippen LogP contribution in [0.3, 0.4) is 0 Å². The predicted octanol–water partition coefficient (Wildman–Crippen LogP) is 3.10. The number of nitrogens with zero attached hydrogens (tertiary/aromatic N) is 2. The van der Waals surface area contributed by atoms with Crippen molar-refractivity contribution in [3.63, 3.8) is 0 Å². The molecular formula is C18H23N3O3. The molecule has 1 aliphatic heterocycles. The van der Waals surface area contributed by atoms with Crippen LogP contribution in [0.5, 0.6) is 5.75 Å². The third-order valence-corrected chi connectivity index (χ3v) is 3.98. The van der Waals surface area contributed by atoms with Gasteiger partial charge in [0.25, 0.3) is 5.91 Å². The Balaban J connectivity index is 1.56. The molecule has 6 nitrogen and oxygen atoms in total. The normalized spacial score (nSPS) is 17.5. The van der Waals surface area contributed by atoms with Crippen molar-refractivity contribution >= 4 is 11.6 Å². The number of amides is 1. The quantitative estimate of drug-likeness (QED) is 0.884. The van der Waals surface area contributed by atoms with Gasteiger partial charge in [0, 0.05) is 18.4 Å². The zero-order valence-corrected chi connectivity index (χ0v) is 13.9. The maximum atomic E-state index is 12.3. The van der Waals surface area contributed by atoms with Crippen LogP contribution in [0.1, 0.15) is 36.5 Å². The number of aromatic nitrogens is 2. The van der Waals surface area contributed by atoms with E-state index >= 15 is 0 Å². The molecule has 1 fully saturated rings. The maximum absolute atomic E-state index is 12.3. The van der Waals surface area contributed by atoms with E-state index in [9.17, 15) is 4.79 Å². The molecule has 1 amide bonds. The van der Waals surface area contributed by atoms with Crippen LogP contribution in [0.4, 0.5) is 5.69 Å². The van der Waals surface area contributed by atoms with E-state index in [0.717, 1.165) is 31.7 Å². The van der Waals surface area contributed by atoms with Crippen molar-refractivity contribution in [2.75, 3.05) is 18.5 Å². The first-order valence-electron chi connectivity index (χ1n) is 8.43. The van der Waals surface area contributed by atoms with Gasteiger partial charge in [0.1, 0.15) is 5.75 Å². The minimum absolute atomic E-state index is 0.161. The van der Waals surface area contributed by atoms with Gasteiger partial charge in [-0.1, -0.05) is 0 Å². The van der Waals surface area contributed by atoms with Gasteiger partial charge in [-0.2, -0.15) is 5.10 Å². The Morgan fingerprint density at radius 2 is 2.21 bits per heavy atom. The van der Waals surface area contributed by atoms with Crippen LogP contribution in [0.15, 0.2) is 36.7 Å². The average molecular weight is 329 g/mol. The number of rotatable bonds is 6. The van der Waals surface area contributed by atoms with Gasteiger partial charge in [0.2, 0.25) is 0 Å². The van der Waals surface area contributed by atoms with Crippen molar-refractivity contribution in [1.82, 2.24) is 9.78 Å². The number of hydrogen-bond donors (Lipinski definition) is 1. The fourth-order valence-electron chi connectivity index (χ4n) is 2.76. The molecule has 1 N–H and O–H groups in total. The highest BCUT2D eigenvalue weighted by molar-refractivity contribution is 6.04. The topological polar surface area (TPSA) is 65.4 Å². The summed E-state index contributed by atoms with van der Waals surface area (Å²) < 4.78 is 12.9. The number of anilines is 1. The van der Waals surface area contributed by atoms with E-state index in [1.807, 2.05) is 17.8 Å². The van der Waals surface area contributed by atoms with E-state index in [0.29, 0.717) is 17.9 Å². The SMILES string of the molecule is CCOc1ccc(C(=O)Nc2cnn(CC3CCCCO3)c2)cc1. The Hall–Kier alpha value is -2.34. The summed E-state index contributed by atoms with van der Waals surface area (Å²) in [4.78, 5) is 12.3. The summed E-state index contributed by atoms with van der Waals surface area (Å²) in [6.45, 7) is 4.08. The van der Waals surface area contributed by atoms with E-state index in [1.165, 1.54) is 6.42 Å². The second-order valence-electron chi connectivity index (χ2n) is 5.85. The molecule has 1 saturated heterocycles. The molecule has 1 unspecified atom stereocenters. The van der Waals surface area contributed by atoms with E-state index < -0.39 is 0 Å². The summed E-state index contributed by atoms with van der Waals surface area (Å²) in [6.07, 6.45) is 7.12. The number of benzene rings is 1. The van der Waals surface area contributed by atoms with Gasteiger partial charge in [-0.25, -0.2) is 0 Å². The van der Waals surface area contributed by atoms with Crippen molar-refractivity contribution in [1.29, 1.82) is 0 Å². The Morgan fingerprint density at radius 1 is 1.38 bits per heavy atom. The third kappa shape index (κ3) is 4.35. The second-order valence-corrected chi connectivity index (χ2v) is 5.85. The van der Waals surface area contributed by atoms with Crippen LogP contribution in [0.25, 0.3) is 0 Å². The van der Waals surface area contributed by atoms with Crippen molar-refractivity contribution in [3.8, 4) is 5.75 Å². The molecule has 1 aliphatic rings. The largest absolute Gasteiger partial charge is 0.494 e. The van der Waals surface area contributed by atoms with Gasteiger partial charge in [-0.05, 0) is 50.5 Å². The maximum Gasteiger partial charge on any atom is 0.255 e. The molecule has 3 rings (SSSR count). The van der Waals surface area contributed by atoms with Crippen molar-refractivity contribution in [2.45, 2.75) is 38.8 Å². The number of nitrogens with one attached hydrogen (secondary N) is 1. The van der Waals surface area contributed by atoms with Gasteiger partial charge < -0.3 is 14.8 Å². The lowest BCUT2D eigenvalue weighted by Gasteiger charge is -2.22. The molecule has 1 aromatic carbocycles. The molecule has 0 bridgehead atoms.